The molecule has 0 saturated heterocycles. The zero-order valence-electron chi connectivity index (χ0n) is 51.1. The van der Waals surface area contributed by atoms with E-state index in [4.69, 9.17) is 0 Å². The van der Waals surface area contributed by atoms with Gasteiger partial charge in [0, 0.05) is 111 Å². The Morgan fingerprint density at radius 1 is 0.225 bits per heavy atom. The molecule has 80 heavy (non-hydrogen) atoms. The Labute approximate surface area is 483 Å². The van der Waals surface area contributed by atoms with Gasteiger partial charge in [0.2, 0.25) is 0 Å². The molecule has 0 aliphatic heterocycles. The van der Waals surface area contributed by atoms with Crippen LogP contribution in [0.15, 0.2) is 97.1 Å². The minimum absolute atomic E-state index is 0.321. The van der Waals surface area contributed by atoms with E-state index in [0.29, 0.717) is 56.9 Å². The number of hydrogen-bond acceptors (Lipinski definition) is 6. The van der Waals surface area contributed by atoms with Crippen molar-refractivity contribution in [3.8, 4) is 0 Å². The molecule has 0 aliphatic carbocycles. The van der Waals surface area contributed by atoms with E-state index in [0.717, 1.165) is 206 Å². The second-order valence-corrected chi connectivity index (χ2v) is 22.3. The first-order valence-electron chi connectivity index (χ1n) is 32.0. The number of nitrogens with zero attached hydrogens (tertiary/aromatic N) is 6. The van der Waals surface area contributed by atoms with Gasteiger partial charge < -0.3 is 29.4 Å². The lowest BCUT2D eigenvalue weighted by Gasteiger charge is -2.31. The van der Waals surface area contributed by atoms with Gasteiger partial charge in [0.1, 0.15) is 23.3 Å². The number of hydrogen-bond donors (Lipinski definition) is 0. The number of anilines is 10. The largest absolute Gasteiger partial charge is 0.369 e. The lowest BCUT2D eigenvalue weighted by atomic mass is 10.1. The van der Waals surface area contributed by atoms with E-state index in [-0.39, 0.29) is 23.3 Å². The third kappa shape index (κ3) is 20.0. The third-order valence-corrected chi connectivity index (χ3v) is 15.7. The molecule has 0 heterocycles. The topological polar surface area (TPSA) is 19.4 Å². The van der Waals surface area contributed by atoms with Crippen LogP contribution >= 0.6 is 0 Å². The Balaban J connectivity index is 1.67. The van der Waals surface area contributed by atoms with Crippen LogP contribution in [0, 0.1) is 23.3 Å². The fourth-order valence-electron chi connectivity index (χ4n) is 11.0. The van der Waals surface area contributed by atoms with Gasteiger partial charge in [-0.3, -0.25) is 0 Å². The van der Waals surface area contributed by atoms with Crippen LogP contribution in [-0.4, -0.2) is 52.4 Å². The molecule has 0 bridgehead atoms. The molecule has 0 radical (unpaired) electrons. The molecule has 0 N–H and O–H groups in total. The van der Waals surface area contributed by atoms with E-state index >= 15 is 17.6 Å². The average molecular weight is 1110 g/mol. The number of halogens is 4. The molecular weight excluding hydrogens is 1000 g/mol. The van der Waals surface area contributed by atoms with Gasteiger partial charge in [-0.15, -0.1) is 0 Å². The summed E-state index contributed by atoms with van der Waals surface area (Å²) in [5.74, 6) is -1.29. The average Bonchev–Trinajstić information content (AvgIpc) is 3.48. The zero-order chi connectivity index (χ0) is 57.5. The SMILES string of the molecule is CCCCCN(CCCCC)c1ccc(N(c2ccc(N(c3ccc(N(CCCCC)CCCCC)c(F)c3)c3ccc(N(CCCCC)CCCCC)c(F)c3)cc2)c2ccc(N(CCCCC)CCCCC)c(F)c2)cc1F. The number of unbranched alkanes of at least 4 members (excludes halogenated alkanes) is 16. The molecule has 0 atom stereocenters. The molecule has 10 heteroatoms. The highest BCUT2D eigenvalue weighted by atomic mass is 19.1. The molecule has 0 amide bonds. The van der Waals surface area contributed by atoms with Gasteiger partial charge in [0.05, 0.1) is 22.7 Å². The molecule has 442 valence electrons. The van der Waals surface area contributed by atoms with Crippen molar-refractivity contribution in [3.05, 3.63) is 120 Å². The quantitative estimate of drug-likeness (QED) is 0.0284. The summed E-state index contributed by atoms with van der Waals surface area (Å²) < 4.78 is 67.6. The van der Waals surface area contributed by atoms with Gasteiger partial charge in [-0.25, -0.2) is 17.6 Å². The lowest BCUT2D eigenvalue weighted by Crippen LogP contribution is -2.27. The van der Waals surface area contributed by atoms with Gasteiger partial charge in [0.25, 0.3) is 0 Å². The van der Waals surface area contributed by atoms with Gasteiger partial charge in [-0.1, -0.05) is 158 Å². The van der Waals surface area contributed by atoms with Crippen LogP contribution in [0.25, 0.3) is 0 Å². The summed E-state index contributed by atoms with van der Waals surface area (Å²) in [6.07, 6.45) is 25.2. The van der Waals surface area contributed by atoms with Crippen LogP contribution in [0.3, 0.4) is 0 Å². The second-order valence-electron chi connectivity index (χ2n) is 22.3. The summed E-state index contributed by atoms with van der Waals surface area (Å²) in [7, 11) is 0. The van der Waals surface area contributed by atoms with Crippen molar-refractivity contribution in [1.29, 1.82) is 0 Å². The first-order valence-corrected chi connectivity index (χ1v) is 32.0. The summed E-state index contributed by atoms with van der Waals surface area (Å²) >= 11 is 0. The molecule has 5 aromatic carbocycles. The van der Waals surface area contributed by atoms with Gasteiger partial charge in [0.15, 0.2) is 0 Å². The van der Waals surface area contributed by atoms with Crippen LogP contribution in [0.5, 0.6) is 0 Å². The highest BCUT2D eigenvalue weighted by molar-refractivity contribution is 5.83. The van der Waals surface area contributed by atoms with Crippen LogP contribution in [-0.2, 0) is 0 Å². The maximum Gasteiger partial charge on any atom is 0.148 e. The van der Waals surface area contributed by atoms with Crippen LogP contribution in [0.1, 0.15) is 209 Å². The number of rotatable bonds is 42. The van der Waals surface area contributed by atoms with Crippen molar-refractivity contribution >= 4 is 56.9 Å². The highest BCUT2D eigenvalue weighted by Crippen LogP contribution is 2.43. The first kappa shape index (κ1) is 65.4. The minimum Gasteiger partial charge on any atom is -0.369 e. The van der Waals surface area contributed by atoms with E-state index in [1.165, 1.54) is 0 Å². The third-order valence-electron chi connectivity index (χ3n) is 15.7. The molecule has 6 nitrogen and oxygen atoms in total. The maximum absolute atomic E-state index is 16.9. The lowest BCUT2D eigenvalue weighted by molar-refractivity contribution is 0.594. The van der Waals surface area contributed by atoms with Crippen molar-refractivity contribution in [2.75, 3.05) is 81.8 Å². The van der Waals surface area contributed by atoms with E-state index in [1.54, 1.807) is 24.3 Å². The molecule has 0 aliphatic rings. The van der Waals surface area contributed by atoms with Gasteiger partial charge >= 0.3 is 0 Å². The minimum atomic E-state index is -0.321. The van der Waals surface area contributed by atoms with E-state index in [2.05, 4.69) is 75.0 Å². The summed E-state index contributed by atoms with van der Waals surface area (Å²) in [6, 6.07) is 29.5. The molecule has 5 aromatic rings. The Hall–Kier alpha value is -5.38. The summed E-state index contributed by atoms with van der Waals surface area (Å²) in [5, 5.41) is 0. The predicted molar refractivity (Wildman–Crippen MR) is 341 cm³/mol. The fraction of sp³-hybridized carbons (Fsp3) is 0.571. The fourth-order valence-corrected chi connectivity index (χ4v) is 11.0. The van der Waals surface area contributed by atoms with Crippen molar-refractivity contribution in [1.82, 2.24) is 0 Å². The Kier molecular flexibility index (Phi) is 30.2. The Morgan fingerprint density at radius 3 is 0.537 bits per heavy atom. The summed E-state index contributed by atoms with van der Waals surface area (Å²) in [5.41, 5.74) is 5.94. The molecule has 0 saturated carbocycles. The Morgan fingerprint density at radius 2 is 0.388 bits per heavy atom. The van der Waals surface area contributed by atoms with Gasteiger partial charge in [-0.2, -0.15) is 0 Å². The highest BCUT2D eigenvalue weighted by Gasteiger charge is 2.24. The van der Waals surface area contributed by atoms with Crippen molar-refractivity contribution in [3.63, 3.8) is 0 Å². The standard InChI is InChI=1S/C70H104F4N6/c1-9-17-25-45-75(46-26-18-10-2)67-41-37-59(53-63(67)71)79(60-38-42-68(64(72)54-60)76(47-27-19-11-3)48-28-20-12-4)57-33-35-58(36-34-57)80(61-39-43-69(65(73)55-61)77(49-29-21-13-5)50-30-22-14-6)62-40-44-70(66(74)56-62)78(51-31-23-15-7)52-32-24-16-8/h33-44,53-56H,9-32,45-52H2,1-8H3. The van der Waals surface area contributed by atoms with E-state index < -0.39 is 0 Å². The summed E-state index contributed by atoms with van der Waals surface area (Å²) in [6.45, 7) is 23.7. The van der Waals surface area contributed by atoms with E-state index in [1.807, 2.05) is 82.6 Å². The normalized spacial score (nSPS) is 11.3. The monoisotopic (exact) mass is 1100 g/mol. The second kappa shape index (κ2) is 36.9. The van der Waals surface area contributed by atoms with Crippen molar-refractivity contribution < 1.29 is 17.6 Å². The summed E-state index contributed by atoms with van der Waals surface area (Å²) in [4.78, 5) is 12.6. The smallest absolute Gasteiger partial charge is 0.148 e. The Bertz CT molecular complexity index is 2120. The molecule has 0 aromatic heterocycles. The van der Waals surface area contributed by atoms with Gasteiger partial charge in [-0.05, 0) is 124 Å². The van der Waals surface area contributed by atoms with Crippen LogP contribution < -0.4 is 29.4 Å². The predicted octanol–water partition coefficient (Wildman–Crippen LogP) is 21.9. The molecule has 5 rings (SSSR count). The van der Waals surface area contributed by atoms with Crippen molar-refractivity contribution in [2.45, 2.75) is 209 Å². The molecule has 0 spiro atoms. The number of benzene rings is 5. The molecule has 0 fully saturated rings. The zero-order valence-corrected chi connectivity index (χ0v) is 51.1. The van der Waals surface area contributed by atoms with Crippen LogP contribution in [0.2, 0.25) is 0 Å². The van der Waals surface area contributed by atoms with Crippen LogP contribution in [0.4, 0.5) is 74.4 Å². The van der Waals surface area contributed by atoms with E-state index in [9.17, 15) is 0 Å². The van der Waals surface area contributed by atoms with Crippen molar-refractivity contribution in [2.24, 2.45) is 0 Å². The first-order chi connectivity index (χ1) is 39.1. The molecular formula is C70H104F4N6. The maximum atomic E-state index is 16.9. The molecule has 0 unspecified atom stereocenters.